The number of imidazole rings is 1. The second-order valence-electron chi connectivity index (χ2n) is 8.47. The fraction of sp³-hybridized carbons (Fsp3) is 0.250. The molecule has 1 aliphatic rings. The highest BCUT2D eigenvalue weighted by Gasteiger charge is 2.22. The molecule has 10 nitrogen and oxygen atoms in total. The number of likely N-dealkylation sites (N-methyl/N-ethyl adjacent to an activating group) is 1. The van der Waals surface area contributed by atoms with Gasteiger partial charge in [-0.05, 0) is 50.4 Å². The van der Waals surface area contributed by atoms with Crippen molar-refractivity contribution in [3.63, 3.8) is 0 Å². The number of nitrogens with one attached hydrogen (secondary N) is 2. The van der Waals surface area contributed by atoms with Gasteiger partial charge in [0.05, 0.1) is 17.0 Å². The van der Waals surface area contributed by atoms with E-state index in [0.717, 1.165) is 54.6 Å². The van der Waals surface area contributed by atoms with Gasteiger partial charge in [0.2, 0.25) is 0 Å². The Kier molecular flexibility index (Phi) is 6.20. The third-order valence-electron chi connectivity index (χ3n) is 6.08. The van der Waals surface area contributed by atoms with Gasteiger partial charge in [-0.2, -0.15) is 0 Å². The van der Waals surface area contributed by atoms with Gasteiger partial charge in [0.15, 0.2) is 5.13 Å². The molecular formula is C24H25N7O3S. The second kappa shape index (κ2) is 9.45. The molecule has 2 amide bonds. The fourth-order valence-corrected chi connectivity index (χ4v) is 4.84. The summed E-state index contributed by atoms with van der Waals surface area (Å²) in [5.74, 6) is -0.544. The molecule has 3 aromatic heterocycles. The van der Waals surface area contributed by atoms with Crippen molar-refractivity contribution >= 4 is 39.6 Å². The second-order valence-corrected chi connectivity index (χ2v) is 9.33. The molecule has 180 valence electrons. The van der Waals surface area contributed by atoms with Gasteiger partial charge in [0, 0.05) is 49.0 Å². The van der Waals surface area contributed by atoms with E-state index < -0.39 is 5.91 Å². The maximum atomic E-state index is 13.1. The van der Waals surface area contributed by atoms with Crippen molar-refractivity contribution in [3.05, 3.63) is 64.8 Å². The van der Waals surface area contributed by atoms with E-state index in [9.17, 15) is 9.59 Å². The van der Waals surface area contributed by atoms with Crippen LogP contribution in [0.1, 0.15) is 26.4 Å². The fourth-order valence-electron chi connectivity index (χ4n) is 4.12. The molecule has 1 saturated heterocycles. The number of rotatable bonds is 5. The summed E-state index contributed by atoms with van der Waals surface area (Å²) in [6.45, 7) is 5.11. The maximum absolute atomic E-state index is 13.1. The molecule has 0 spiro atoms. The first-order chi connectivity index (χ1) is 16.9. The number of hydrogen-bond acceptors (Lipinski definition) is 8. The largest absolute Gasteiger partial charge is 0.336 e. The molecule has 1 aliphatic heterocycles. The summed E-state index contributed by atoms with van der Waals surface area (Å²) < 4.78 is 1.93. The maximum Gasteiger partial charge on any atom is 0.274 e. The van der Waals surface area contributed by atoms with Crippen molar-refractivity contribution in [2.75, 3.05) is 38.5 Å². The van der Waals surface area contributed by atoms with E-state index in [1.807, 2.05) is 39.9 Å². The lowest BCUT2D eigenvalue weighted by Gasteiger charge is -2.32. The predicted molar refractivity (Wildman–Crippen MR) is 133 cm³/mol. The van der Waals surface area contributed by atoms with Gasteiger partial charge >= 0.3 is 0 Å². The smallest absolute Gasteiger partial charge is 0.274 e. The standard InChI is InChI=1S/C24H25N7O3S/c1-15-21(19-14-35-24(27-19)26-18-6-3-16(4-7-18)22(32)28-34)31-13-17(5-8-20(31)25-15)23(33)30-11-9-29(2)10-12-30/h3-8,13-14,34H,9-12H2,1-2H3,(H,26,27)(H,28,32). The third-order valence-corrected chi connectivity index (χ3v) is 6.83. The minimum atomic E-state index is -0.568. The Labute approximate surface area is 205 Å². The van der Waals surface area contributed by atoms with Crippen LogP contribution in [-0.4, -0.2) is 74.4 Å². The summed E-state index contributed by atoms with van der Waals surface area (Å²) in [5.41, 5.74) is 6.53. The zero-order valence-corrected chi connectivity index (χ0v) is 20.2. The lowest BCUT2D eigenvalue weighted by atomic mass is 10.2. The van der Waals surface area contributed by atoms with Crippen LogP contribution in [0.25, 0.3) is 17.0 Å². The number of hydrogen-bond donors (Lipinski definition) is 3. The lowest BCUT2D eigenvalue weighted by Crippen LogP contribution is -2.47. The zero-order chi connectivity index (χ0) is 24.5. The molecule has 0 saturated carbocycles. The number of pyridine rings is 1. The van der Waals surface area contributed by atoms with Gasteiger partial charge in [-0.15, -0.1) is 11.3 Å². The van der Waals surface area contributed by atoms with Crippen molar-refractivity contribution in [2.24, 2.45) is 0 Å². The van der Waals surface area contributed by atoms with Gasteiger partial charge in [-0.3, -0.25) is 19.2 Å². The number of benzene rings is 1. The summed E-state index contributed by atoms with van der Waals surface area (Å²) in [4.78, 5) is 38.1. The van der Waals surface area contributed by atoms with E-state index in [-0.39, 0.29) is 5.91 Å². The van der Waals surface area contributed by atoms with Crippen molar-refractivity contribution < 1.29 is 14.8 Å². The number of anilines is 2. The Bertz CT molecular complexity index is 1390. The summed E-state index contributed by atoms with van der Waals surface area (Å²) in [7, 11) is 2.07. The van der Waals surface area contributed by atoms with Crippen molar-refractivity contribution in [1.82, 2.24) is 29.6 Å². The average molecular weight is 492 g/mol. The lowest BCUT2D eigenvalue weighted by molar-refractivity contribution is 0.0663. The highest BCUT2D eigenvalue weighted by Crippen LogP contribution is 2.30. The average Bonchev–Trinajstić information content (AvgIpc) is 3.46. The first-order valence-corrected chi connectivity index (χ1v) is 12.0. The molecule has 0 aliphatic carbocycles. The molecule has 1 fully saturated rings. The van der Waals surface area contributed by atoms with Crippen LogP contribution in [0.3, 0.4) is 0 Å². The van der Waals surface area contributed by atoms with Crippen LogP contribution in [0, 0.1) is 6.92 Å². The van der Waals surface area contributed by atoms with Crippen molar-refractivity contribution in [2.45, 2.75) is 6.92 Å². The van der Waals surface area contributed by atoms with E-state index in [2.05, 4.69) is 22.2 Å². The van der Waals surface area contributed by atoms with Crippen LogP contribution >= 0.6 is 11.3 Å². The predicted octanol–water partition coefficient (Wildman–Crippen LogP) is 3.02. The molecule has 5 rings (SSSR count). The molecule has 0 bridgehead atoms. The SMILES string of the molecule is Cc1nc2ccc(C(=O)N3CCN(C)CC3)cn2c1-c1csc(Nc2ccc(C(=O)NO)cc2)n1. The Morgan fingerprint density at radius 3 is 2.43 bits per heavy atom. The highest BCUT2D eigenvalue weighted by molar-refractivity contribution is 7.14. The minimum absolute atomic E-state index is 0.0243. The van der Waals surface area contributed by atoms with Crippen LogP contribution in [-0.2, 0) is 0 Å². The number of piperazine rings is 1. The zero-order valence-electron chi connectivity index (χ0n) is 19.4. The van der Waals surface area contributed by atoms with E-state index in [4.69, 9.17) is 10.2 Å². The first-order valence-electron chi connectivity index (χ1n) is 11.2. The third kappa shape index (κ3) is 4.61. The van der Waals surface area contributed by atoms with Crippen LogP contribution in [0.5, 0.6) is 0 Å². The number of carbonyl (C=O) groups excluding carboxylic acids is 2. The summed E-state index contributed by atoms with van der Waals surface area (Å²) >= 11 is 1.45. The molecule has 11 heteroatoms. The Balaban J connectivity index is 1.40. The van der Waals surface area contributed by atoms with Crippen molar-refractivity contribution in [3.8, 4) is 11.4 Å². The quantitative estimate of drug-likeness (QED) is 0.290. The number of nitrogens with zero attached hydrogens (tertiary/aromatic N) is 5. The number of amides is 2. The molecule has 0 radical (unpaired) electrons. The van der Waals surface area contributed by atoms with E-state index in [1.54, 1.807) is 29.7 Å². The molecule has 4 aromatic rings. The normalized spacial score (nSPS) is 14.3. The van der Waals surface area contributed by atoms with Crippen LogP contribution in [0.2, 0.25) is 0 Å². The van der Waals surface area contributed by atoms with Gasteiger partial charge < -0.3 is 15.1 Å². The van der Waals surface area contributed by atoms with Gasteiger partial charge in [0.1, 0.15) is 11.3 Å². The summed E-state index contributed by atoms with van der Waals surface area (Å²) in [6, 6.07) is 10.4. The number of fused-ring (bicyclic) bond motifs is 1. The number of aromatic nitrogens is 3. The Morgan fingerprint density at radius 1 is 1.00 bits per heavy atom. The number of carbonyl (C=O) groups is 2. The van der Waals surface area contributed by atoms with Crippen molar-refractivity contribution in [1.29, 1.82) is 0 Å². The van der Waals surface area contributed by atoms with Gasteiger partial charge in [-0.25, -0.2) is 15.4 Å². The molecular weight excluding hydrogens is 466 g/mol. The Morgan fingerprint density at radius 2 is 1.71 bits per heavy atom. The molecule has 35 heavy (non-hydrogen) atoms. The number of aryl methyl sites for hydroxylation is 1. The monoisotopic (exact) mass is 491 g/mol. The molecule has 1 aromatic carbocycles. The molecule has 3 N–H and O–H groups in total. The topological polar surface area (TPSA) is 115 Å². The number of hydroxylamine groups is 1. The van der Waals surface area contributed by atoms with Crippen LogP contribution in [0.4, 0.5) is 10.8 Å². The molecule has 4 heterocycles. The van der Waals surface area contributed by atoms with Crippen LogP contribution in [0.15, 0.2) is 48.0 Å². The first kappa shape index (κ1) is 23.0. The van der Waals surface area contributed by atoms with Crippen LogP contribution < -0.4 is 10.8 Å². The van der Waals surface area contributed by atoms with Gasteiger partial charge in [-0.1, -0.05) is 0 Å². The Hall–Kier alpha value is -3.80. The minimum Gasteiger partial charge on any atom is -0.336 e. The highest BCUT2D eigenvalue weighted by atomic mass is 32.1. The summed E-state index contributed by atoms with van der Waals surface area (Å²) in [6.07, 6.45) is 1.85. The number of thiazole rings is 1. The summed E-state index contributed by atoms with van der Waals surface area (Å²) in [5, 5.41) is 14.6. The molecule has 0 atom stereocenters. The van der Waals surface area contributed by atoms with Gasteiger partial charge in [0.25, 0.3) is 11.8 Å². The van der Waals surface area contributed by atoms with E-state index in [0.29, 0.717) is 16.3 Å². The molecule has 0 unspecified atom stereocenters. The van der Waals surface area contributed by atoms with E-state index >= 15 is 0 Å². The van der Waals surface area contributed by atoms with E-state index in [1.165, 1.54) is 11.3 Å².